The number of piperidine rings is 1. The molecule has 0 spiro atoms. The van der Waals surface area contributed by atoms with Crippen LogP contribution in [0.15, 0.2) is 65.6 Å². The van der Waals surface area contributed by atoms with Gasteiger partial charge in [0.1, 0.15) is 17.0 Å². The summed E-state index contributed by atoms with van der Waals surface area (Å²) in [6.45, 7) is 12.5. The smallest absolute Gasteiger partial charge is 0.332 e. The van der Waals surface area contributed by atoms with Gasteiger partial charge in [-0.2, -0.15) is 4.98 Å². The Labute approximate surface area is 316 Å². The maximum atomic E-state index is 14.9. The highest BCUT2D eigenvalue weighted by Gasteiger charge is 2.31. The Kier molecular flexibility index (Phi) is 9.15. The van der Waals surface area contributed by atoms with Gasteiger partial charge in [-0.1, -0.05) is 38.4 Å². The van der Waals surface area contributed by atoms with Crippen molar-refractivity contribution in [1.29, 1.82) is 0 Å². The van der Waals surface area contributed by atoms with Crippen LogP contribution in [0.5, 0.6) is 0 Å². The first kappa shape index (κ1) is 35.4. The van der Waals surface area contributed by atoms with Crippen LogP contribution in [0, 0.1) is 18.2 Å². The number of aromatic nitrogens is 6. The molecule has 0 unspecified atom stereocenters. The third kappa shape index (κ3) is 6.64. The van der Waals surface area contributed by atoms with Crippen LogP contribution in [0.2, 0.25) is 10.3 Å². The molecule has 0 N–H and O–H groups in total. The van der Waals surface area contributed by atoms with E-state index in [-0.39, 0.29) is 40.7 Å². The molecule has 0 atom stereocenters. The van der Waals surface area contributed by atoms with Crippen molar-refractivity contribution >= 4 is 51.3 Å². The van der Waals surface area contributed by atoms with Crippen LogP contribution in [0.25, 0.3) is 27.9 Å². The summed E-state index contributed by atoms with van der Waals surface area (Å²) in [6, 6.07) is 15.7. The average molecular weight is 756 g/mol. The normalized spacial score (nSPS) is 15.8. The number of fused-ring (bicyclic) bond motifs is 4. The van der Waals surface area contributed by atoms with E-state index in [1.54, 1.807) is 51.7 Å². The van der Waals surface area contributed by atoms with E-state index < -0.39 is 0 Å². The molecule has 274 valence electrons. The molecule has 1 amide bonds. The summed E-state index contributed by atoms with van der Waals surface area (Å²) < 4.78 is 20.4. The predicted molar refractivity (Wildman–Crippen MR) is 206 cm³/mol. The van der Waals surface area contributed by atoms with Crippen molar-refractivity contribution in [3.8, 4) is 5.69 Å². The number of hydrogen-bond donors (Lipinski definition) is 0. The number of carbonyl (C=O) groups excluding carboxylic acids is 1. The number of aryl methyl sites for hydroxylation is 1. The number of amides is 1. The lowest BCUT2D eigenvalue weighted by molar-refractivity contribution is 0.0730. The zero-order chi connectivity index (χ0) is 37.2. The molecule has 2 aliphatic rings. The molecule has 6 aromatic rings. The number of likely N-dealkylation sites (tertiary alicyclic amines) is 1. The summed E-state index contributed by atoms with van der Waals surface area (Å²) in [5.41, 5.74) is 6.15. The molecule has 4 aromatic heterocycles. The van der Waals surface area contributed by atoms with Gasteiger partial charge in [-0.15, -0.1) is 0 Å². The molecule has 2 aromatic carbocycles. The number of halogens is 3. The Morgan fingerprint density at radius 1 is 0.981 bits per heavy atom. The van der Waals surface area contributed by atoms with E-state index >= 15 is 0 Å². The van der Waals surface area contributed by atoms with Crippen LogP contribution in [0.3, 0.4) is 0 Å². The predicted octanol–water partition coefficient (Wildman–Crippen LogP) is 7.62. The van der Waals surface area contributed by atoms with Gasteiger partial charge in [-0.3, -0.25) is 13.9 Å². The van der Waals surface area contributed by atoms with E-state index in [1.165, 1.54) is 6.07 Å². The number of nitrogens with zero attached hydrogens (tertiary/aromatic N) is 8. The standard InChI is InChI=1S/C40H41Cl2FN8O2/c1-24-34-36(46-38(42)45-24)51(29-13-17-47(18-14-29)23-40(2,3)4)39(53)50(34)28-11-8-25(9-12-28)37(52)48-19-15-30-31-6-5-16-44-35(31)49(33(30)22-48)21-26-7-10-27(41)20-32(26)43/h5-12,16,20,29H,13-15,17-19,21-23H2,1-4H3. The summed E-state index contributed by atoms with van der Waals surface area (Å²) in [5.74, 6) is -0.519. The minimum atomic E-state index is -0.388. The molecule has 0 saturated carbocycles. The van der Waals surface area contributed by atoms with Gasteiger partial charge in [0, 0.05) is 65.6 Å². The third-order valence-corrected chi connectivity index (χ3v) is 10.9. The summed E-state index contributed by atoms with van der Waals surface area (Å²) >= 11 is 12.4. The number of carbonyl (C=O) groups is 1. The molecule has 1 fully saturated rings. The first-order valence-corrected chi connectivity index (χ1v) is 18.8. The van der Waals surface area contributed by atoms with Crippen molar-refractivity contribution in [2.24, 2.45) is 5.41 Å². The fourth-order valence-corrected chi connectivity index (χ4v) is 8.54. The van der Waals surface area contributed by atoms with Gasteiger partial charge < -0.3 is 14.4 Å². The van der Waals surface area contributed by atoms with Crippen molar-refractivity contribution in [2.75, 3.05) is 26.2 Å². The Bertz CT molecular complexity index is 2440. The number of benzene rings is 2. The largest absolute Gasteiger partial charge is 0.335 e. The minimum absolute atomic E-state index is 0.0281. The van der Waals surface area contributed by atoms with Crippen LogP contribution in [0.4, 0.5) is 4.39 Å². The molecule has 53 heavy (non-hydrogen) atoms. The monoisotopic (exact) mass is 754 g/mol. The molecule has 0 radical (unpaired) electrons. The van der Waals surface area contributed by atoms with E-state index in [0.717, 1.165) is 54.8 Å². The number of rotatable bonds is 6. The lowest BCUT2D eigenvalue weighted by Gasteiger charge is -2.36. The van der Waals surface area contributed by atoms with Gasteiger partial charge in [-0.05, 0) is 97.3 Å². The molecule has 0 aliphatic carbocycles. The average Bonchev–Trinajstić information content (AvgIpc) is 3.59. The van der Waals surface area contributed by atoms with Crippen LogP contribution in [0.1, 0.15) is 72.5 Å². The van der Waals surface area contributed by atoms with Crippen LogP contribution in [-0.4, -0.2) is 70.5 Å². The molecular weight excluding hydrogens is 714 g/mol. The van der Waals surface area contributed by atoms with E-state index in [2.05, 4.69) is 40.6 Å². The second-order valence-corrected chi connectivity index (χ2v) is 16.2. The van der Waals surface area contributed by atoms with Crippen molar-refractivity contribution in [3.63, 3.8) is 0 Å². The lowest BCUT2D eigenvalue weighted by atomic mass is 9.94. The van der Waals surface area contributed by atoms with Gasteiger partial charge >= 0.3 is 5.69 Å². The second-order valence-electron chi connectivity index (χ2n) is 15.5. The molecule has 8 rings (SSSR count). The maximum absolute atomic E-state index is 14.9. The van der Waals surface area contributed by atoms with Gasteiger partial charge in [-0.25, -0.2) is 19.2 Å². The maximum Gasteiger partial charge on any atom is 0.335 e. The zero-order valence-corrected chi connectivity index (χ0v) is 31.8. The Hall–Kier alpha value is -4.58. The van der Waals surface area contributed by atoms with E-state index in [1.807, 2.05) is 28.5 Å². The third-order valence-electron chi connectivity index (χ3n) is 10.5. The second kappa shape index (κ2) is 13.7. The Balaban J connectivity index is 1.08. The number of pyridine rings is 1. The summed E-state index contributed by atoms with van der Waals surface area (Å²) in [4.78, 5) is 46.2. The summed E-state index contributed by atoms with van der Waals surface area (Å²) in [6.07, 6.45) is 4.02. The lowest BCUT2D eigenvalue weighted by Crippen LogP contribution is -2.41. The van der Waals surface area contributed by atoms with E-state index in [9.17, 15) is 14.0 Å². The van der Waals surface area contributed by atoms with Gasteiger partial charge in [0.2, 0.25) is 5.28 Å². The summed E-state index contributed by atoms with van der Waals surface area (Å²) in [7, 11) is 0. The summed E-state index contributed by atoms with van der Waals surface area (Å²) in [5, 5.41) is 1.45. The van der Waals surface area contributed by atoms with Crippen molar-refractivity contribution < 1.29 is 9.18 Å². The highest BCUT2D eigenvalue weighted by molar-refractivity contribution is 6.30. The van der Waals surface area contributed by atoms with Crippen molar-refractivity contribution in [3.05, 3.63) is 115 Å². The van der Waals surface area contributed by atoms with Crippen LogP contribution in [-0.2, 0) is 19.5 Å². The topological polar surface area (TPSA) is 94.1 Å². The molecule has 10 nitrogen and oxygen atoms in total. The Morgan fingerprint density at radius 2 is 1.74 bits per heavy atom. The Morgan fingerprint density at radius 3 is 2.45 bits per heavy atom. The zero-order valence-electron chi connectivity index (χ0n) is 30.2. The molecule has 2 aliphatic heterocycles. The van der Waals surface area contributed by atoms with Crippen molar-refractivity contribution in [2.45, 2.75) is 66.1 Å². The minimum Gasteiger partial charge on any atom is -0.332 e. The van der Waals surface area contributed by atoms with Crippen molar-refractivity contribution in [1.82, 2.24) is 38.5 Å². The fraction of sp³-hybridized carbons (Fsp3) is 0.375. The molecule has 13 heteroatoms. The molecule has 6 heterocycles. The number of hydrogen-bond acceptors (Lipinski definition) is 6. The first-order valence-electron chi connectivity index (χ1n) is 18.0. The quantitative estimate of drug-likeness (QED) is 0.163. The highest BCUT2D eigenvalue weighted by Crippen LogP contribution is 2.33. The van der Waals surface area contributed by atoms with E-state index in [4.69, 9.17) is 23.2 Å². The molecular formula is C40H41Cl2FN8O2. The van der Waals surface area contributed by atoms with Gasteiger partial charge in [0.15, 0.2) is 5.65 Å². The number of imidazole rings is 1. The molecule has 1 saturated heterocycles. The molecule has 0 bridgehead atoms. The van der Waals surface area contributed by atoms with Crippen LogP contribution >= 0.6 is 23.2 Å². The first-order chi connectivity index (χ1) is 25.4. The van der Waals surface area contributed by atoms with Gasteiger partial charge in [0.25, 0.3) is 5.91 Å². The SMILES string of the molecule is Cc1nc(Cl)nc2c1n(-c1ccc(C(=O)N3CCc4c(n(Cc5ccc(Cl)cc5F)c5ncccc45)C3)cc1)c(=O)n2C1CCN(CC(C)(C)C)CC1. The fourth-order valence-electron chi connectivity index (χ4n) is 8.18. The van der Waals surface area contributed by atoms with E-state index in [0.29, 0.717) is 58.2 Å². The van der Waals surface area contributed by atoms with Crippen LogP contribution < -0.4 is 5.69 Å². The van der Waals surface area contributed by atoms with Gasteiger partial charge in [0.05, 0.1) is 24.5 Å². The highest BCUT2D eigenvalue weighted by atomic mass is 35.5.